The molecule has 0 unspecified atom stereocenters. The smallest absolute Gasteiger partial charge is 0.264 e. The van der Waals surface area contributed by atoms with Gasteiger partial charge in [-0.2, -0.15) is 8.42 Å². The molecule has 0 atom stereocenters. The van der Waals surface area contributed by atoms with Gasteiger partial charge in [-0.3, -0.25) is 4.55 Å². The van der Waals surface area contributed by atoms with Crippen molar-refractivity contribution in [3.05, 3.63) is 29.8 Å². The van der Waals surface area contributed by atoms with Crippen LogP contribution in [0.25, 0.3) is 0 Å². The van der Waals surface area contributed by atoms with Gasteiger partial charge < -0.3 is 4.74 Å². The van der Waals surface area contributed by atoms with Gasteiger partial charge in [-0.1, -0.05) is 46.8 Å². The van der Waals surface area contributed by atoms with Gasteiger partial charge in [0.2, 0.25) is 0 Å². The predicted molar refractivity (Wildman–Crippen MR) is 90.1 cm³/mol. The largest absolute Gasteiger partial charge is 0.494 e. The van der Waals surface area contributed by atoms with E-state index in [-0.39, 0.29) is 29.6 Å². The lowest BCUT2D eigenvalue weighted by Gasteiger charge is -2.33. The van der Waals surface area contributed by atoms with Gasteiger partial charge in [0.15, 0.2) is 0 Å². The molecule has 0 aliphatic heterocycles. The summed E-state index contributed by atoms with van der Waals surface area (Å²) >= 11 is 0. The Morgan fingerprint density at radius 1 is 1.05 bits per heavy atom. The molecule has 0 aromatic heterocycles. The molecular formula is C17H28O4S. The van der Waals surface area contributed by atoms with E-state index in [1.807, 2.05) is 12.1 Å². The number of rotatable bonds is 7. The number of hydrogen-bond acceptors (Lipinski definition) is 3. The van der Waals surface area contributed by atoms with Crippen molar-refractivity contribution < 1.29 is 17.7 Å². The summed E-state index contributed by atoms with van der Waals surface area (Å²) in [4.78, 5) is 0. The minimum Gasteiger partial charge on any atom is -0.494 e. The first-order valence-corrected chi connectivity index (χ1v) is 9.19. The van der Waals surface area contributed by atoms with Crippen LogP contribution in [0.1, 0.15) is 53.0 Å². The van der Waals surface area contributed by atoms with Crippen LogP contribution in [0.5, 0.6) is 5.75 Å². The van der Waals surface area contributed by atoms with Gasteiger partial charge in [-0.25, -0.2) is 0 Å². The molecule has 0 saturated heterocycles. The Balaban J connectivity index is 2.59. The fourth-order valence-electron chi connectivity index (χ4n) is 2.86. The Kier molecular flexibility index (Phi) is 6.04. The summed E-state index contributed by atoms with van der Waals surface area (Å²) in [5.41, 5.74) is 1.60. The molecule has 22 heavy (non-hydrogen) atoms. The van der Waals surface area contributed by atoms with Crippen molar-refractivity contribution >= 4 is 10.1 Å². The average molecular weight is 328 g/mol. The number of benzene rings is 1. The van der Waals surface area contributed by atoms with Gasteiger partial charge in [0.25, 0.3) is 10.1 Å². The molecule has 0 fully saturated rings. The molecule has 1 aromatic rings. The monoisotopic (exact) mass is 328 g/mol. The molecule has 4 nitrogen and oxygen atoms in total. The van der Waals surface area contributed by atoms with Crippen molar-refractivity contribution in [1.82, 2.24) is 0 Å². The van der Waals surface area contributed by atoms with Crippen LogP contribution in [-0.4, -0.2) is 25.3 Å². The lowest BCUT2D eigenvalue weighted by Crippen LogP contribution is -2.24. The van der Waals surface area contributed by atoms with E-state index in [0.717, 1.165) is 6.42 Å². The van der Waals surface area contributed by atoms with Crippen molar-refractivity contribution in [3.8, 4) is 5.75 Å². The van der Waals surface area contributed by atoms with E-state index in [0.29, 0.717) is 5.75 Å². The zero-order valence-corrected chi connectivity index (χ0v) is 15.0. The van der Waals surface area contributed by atoms with E-state index in [2.05, 4.69) is 46.8 Å². The van der Waals surface area contributed by atoms with Crippen LogP contribution in [0, 0.1) is 5.41 Å². The molecule has 1 aromatic carbocycles. The highest BCUT2D eigenvalue weighted by Gasteiger charge is 2.27. The predicted octanol–water partition coefficient (Wildman–Crippen LogP) is 4.06. The van der Waals surface area contributed by atoms with E-state index in [1.165, 1.54) is 5.56 Å². The quantitative estimate of drug-likeness (QED) is 0.605. The molecule has 0 heterocycles. The first-order chi connectivity index (χ1) is 9.89. The van der Waals surface area contributed by atoms with Crippen LogP contribution in [0.15, 0.2) is 24.3 Å². The van der Waals surface area contributed by atoms with E-state index >= 15 is 0 Å². The van der Waals surface area contributed by atoms with Gasteiger partial charge in [-0.05, 0) is 41.4 Å². The third-order valence-electron chi connectivity index (χ3n) is 3.42. The van der Waals surface area contributed by atoms with E-state index in [4.69, 9.17) is 9.29 Å². The molecule has 1 rings (SSSR count). The van der Waals surface area contributed by atoms with Crippen molar-refractivity contribution in [3.63, 3.8) is 0 Å². The summed E-state index contributed by atoms with van der Waals surface area (Å²) < 4.78 is 35.4. The third-order valence-corrected chi connectivity index (χ3v) is 4.23. The molecule has 0 radical (unpaired) electrons. The molecule has 0 aliphatic carbocycles. The second kappa shape index (κ2) is 7.01. The van der Waals surface area contributed by atoms with Crippen molar-refractivity contribution in [2.24, 2.45) is 5.41 Å². The van der Waals surface area contributed by atoms with Crippen LogP contribution in [0.3, 0.4) is 0 Å². The molecule has 126 valence electrons. The van der Waals surface area contributed by atoms with Crippen molar-refractivity contribution in [2.45, 2.75) is 52.9 Å². The molecule has 0 saturated carbocycles. The van der Waals surface area contributed by atoms with E-state index in [9.17, 15) is 8.42 Å². The Labute approximate surface area is 134 Å². The molecule has 0 spiro atoms. The Hall–Kier alpha value is -1.07. The molecule has 5 heteroatoms. The molecule has 0 aliphatic rings. The van der Waals surface area contributed by atoms with Crippen LogP contribution >= 0.6 is 0 Å². The maximum absolute atomic E-state index is 10.6. The van der Waals surface area contributed by atoms with Crippen molar-refractivity contribution in [2.75, 3.05) is 12.4 Å². The Morgan fingerprint density at radius 3 is 2.05 bits per heavy atom. The highest BCUT2D eigenvalue weighted by atomic mass is 32.2. The normalized spacial score (nSPS) is 13.2. The SMILES string of the molecule is CC(C)(C)CC(C)(C)c1ccc(OCCCS(=O)(=O)O)cc1. The summed E-state index contributed by atoms with van der Waals surface area (Å²) in [6, 6.07) is 7.94. The Morgan fingerprint density at radius 2 is 1.59 bits per heavy atom. The first-order valence-electron chi connectivity index (χ1n) is 7.58. The standard InChI is InChI=1S/C17H28O4S/c1-16(2,3)13-17(4,5)14-7-9-15(10-8-14)21-11-6-12-22(18,19)20/h7-10H,6,11-13H2,1-5H3,(H,18,19,20). The van der Waals surface area contributed by atoms with Crippen LogP contribution in [-0.2, 0) is 15.5 Å². The van der Waals surface area contributed by atoms with Gasteiger partial charge in [0.1, 0.15) is 5.75 Å². The van der Waals surface area contributed by atoms with Gasteiger partial charge in [-0.15, -0.1) is 0 Å². The second-order valence-electron chi connectivity index (χ2n) is 7.63. The fraction of sp³-hybridized carbons (Fsp3) is 0.647. The molecule has 0 amide bonds. The van der Waals surface area contributed by atoms with Crippen LogP contribution in [0.4, 0.5) is 0 Å². The summed E-state index contributed by atoms with van der Waals surface area (Å²) in [5, 5.41) is 0. The fourth-order valence-corrected chi connectivity index (χ4v) is 3.34. The van der Waals surface area contributed by atoms with E-state index < -0.39 is 10.1 Å². The summed E-state index contributed by atoms with van der Waals surface area (Å²) in [7, 11) is -3.90. The topological polar surface area (TPSA) is 63.6 Å². The molecule has 1 N–H and O–H groups in total. The van der Waals surface area contributed by atoms with Crippen LogP contribution in [0.2, 0.25) is 0 Å². The summed E-state index contributed by atoms with van der Waals surface area (Å²) in [6.07, 6.45) is 1.35. The highest BCUT2D eigenvalue weighted by molar-refractivity contribution is 7.85. The maximum Gasteiger partial charge on any atom is 0.264 e. The second-order valence-corrected chi connectivity index (χ2v) is 9.21. The van der Waals surface area contributed by atoms with Gasteiger partial charge in [0, 0.05) is 0 Å². The zero-order valence-electron chi connectivity index (χ0n) is 14.2. The lowest BCUT2D eigenvalue weighted by molar-refractivity contribution is 0.283. The maximum atomic E-state index is 10.6. The lowest BCUT2D eigenvalue weighted by atomic mass is 9.72. The Bertz CT molecular complexity index is 566. The van der Waals surface area contributed by atoms with Crippen molar-refractivity contribution in [1.29, 1.82) is 0 Å². The summed E-state index contributed by atoms with van der Waals surface area (Å²) in [5.74, 6) is 0.439. The number of hydrogen-bond donors (Lipinski definition) is 1. The minimum absolute atomic E-state index is 0.0851. The average Bonchev–Trinajstić information content (AvgIpc) is 2.31. The summed E-state index contributed by atoms with van der Waals surface area (Å²) in [6.45, 7) is 11.5. The molecule has 0 bridgehead atoms. The minimum atomic E-state index is -3.90. The molecular weight excluding hydrogens is 300 g/mol. The van der Waals surface area contributed by atoms with Gasteiger partial charge in [0.05, 0.1) is 12.4 Å². The highest BCUT2D eigenvalue weighted by Crippen LogP contribution is 2.36. The van der Waals surface area contributed by atoms with Crippen LogP contribution < -0.4 is 4.74 Å². The third kappa shape index (κ3) is 7.27. The first kappa shape index (κ1) is 19.0. The van der Waals surface area contributed by atoms with E-state index in [1.54, 1.807) is 0 Å². The zero-order chi connectivity index (χ0) is 17.0. The number of ether oxygens (including phenoxy) is 1. The van der Waals surface area contributed by atoms with Gasteiger partial charge >= 0.3 is 0 Å².